The van der Waals surface area contributed by atoms with E-state index in [0.717, 1.165) is 9.88 Å². The SMILES string of the molecule is COC(=O)c1nccnc1NC(=O)Cc1c(Cl)ccc(Cl)c1OCc1cnc(C)s1. The summed E-state index contributed by atoms with van der Waals surface area (Å²) in [6.07, 6.45) is 4.23. The molecule has 0 atom stereocenters. The summed E-state index contributed by atoms with van der Waals surface area (Å²) in [7, 11) is 1.21. The maximum absolute atomic E-state index is 12.6. The first-order valence-corrected chi connectivity index (χ1v) is 10.2. The summed E-state index contributed by atoms with van der Waals surface area (Å²) in [6.45, 7) is 2.13. The summed E-state index contributed by atoms with van der Waals surface area (Å²) in [5.41, 5.74) is 0.300. The number of esters is 1. The Morgan fingerprint density at radius 3 is 2.57 bits per heavy atom. The van der Waals surface area contributed by atoms with E-state index in [2.05, 4.69) is 25.0 Å². The number of nitrogens with one attached hydrogen (secondary N) is 1. The Bertz CT molecular complexity index is 1090. The number of carbonyl (C=O) groups is 2. The molecular weight excluding hydrogens is 451 g/mol. The van der Waals surface area contributed by atoms with Crippen molar-refractivity contribution in [1.29, 1.82) is 0 Å². The van der Waals surface area contributed by atoms with Crippen LogP contribution in [0.4, 0.5) is 5.82 Å². The molecule has 3 aromatic rings. The number of nitrogens with zero attached hydrogens (tertiary/aromatic N) is 3. The summed E-state index contributed by atoms with van der Waals surface area (Å²) < 4.78 is 10.5. The van der Waals surface area contributed by atoms with Gasteiger partial charge in [0.2, 0.25) is 5.91 Å². The van der Waals surface area contributed by atoms with Gasteiger partial charge in [0.05, 0.1) is 28.4 Å². The zero-order chi connectivity index (χ0) is 21.7. The van der Waals surface area contributed by atoms with Crippen LogP contribution in [0.5, 0.6) is 5.75 Å². The lowest BCUT2D eigenvalue weighted by Crippen LogP contribution is -2.20. The van der Waals surface area contributed by atoms with Crippen molar-refractivity contribution in [2.75, 3.05) is 12.4 Å². The van der Waals surface area contributed by atoms with Crippen molar-refractivity contribution < 1.29 is 19.1 Å². The fourth-order valence-electron chi connectivity index (χ4n) is 2.52. The molecule has 0 aliphatic carbocycles. The molecular formula is C19H16Cl2N4O4S. The number of methoxy groups -OCH3 is 1. The minimum absolute atomic E-state index is 0.0184. The largest absolute Gasteiger partial charge is 0.486 e. The third kappa shape index (κ3) is 5.24. The van der Waals surface area contributed by atoms with Crippen LogP contribution in [0.15, 0.2) is 30.7 Å². The molecule has 0 saturated heterocycles. The van der Waals surface area contributed by atoms with E-state index in [0.29, 0.717) is 21.4 Å². The highest BCUT2D eigenvalue weighted by molar-refractivity contribution is 7.11. The van der Waals surface area contributed by atoms with E-state index >= 15 is 0 Å². The van der Waals surface area contributed by atoms with Crippen LogP contribution in [-0.2, 0) is 22.6 Å². The quantitative estimate of drug-likeness (QED) is 0.522. The summed E-state index contributed by atoms with van der Waals surface area (Å²) in [4.78, 5) is 37.4. The van der Waals surface area contributed by atoms with Gasteiger partial charge in [-0.2, -0.15) is 0 Å². The highest BCUT2D eigenvalue weighted by Crippen LogP contribution is 2.35. The van der Waals surface area contributed by atoms with Crippen molar-refractivity contribution in [3.8, 4) is 5.75 Å². The molecule has 0 unspecified atom stereocenters. The van der Waals surface area contributed by atoms with E-state index in [-0.39, 0.29) is 24.5 Å². The Hall–Kier alpha value is -2.75. The highest BCUT2D eigenvalue weighted by atomic mass is 35.5. The van der Waals surface area contributed by atoms with Crippen molar-refractivity contribution in [3.05, 3.63) is 61.9 Å². The zero-order valence-electron chi connectivity index (χ0n) is 15.9. The maximum atomic E-state index is 12.6. The molecule has 0 fully saturated rings. The normalized spacial score (nSPS) is 10.5. The van der Waals surface area contributed by atoms with Gasteiger partial charge in [0.15, 0.2) is 11.5 Å². The van der Waals surface area contributed by atoms with E-state index in [1.807, 2.05) is 6.92 Å². The lowest BCUT2D eigenvalue weighted by Gasteiger charge is -2.14. The first-order chi connectivity index (χ1) is 14.4. The van der Waals surface area contributed by atoms with Crippen molar-refractivity contribution in [3.63, 3.8) is 0 Å². The van der Waals surface area contributed by atoms with Gasteiger partial charge in [0, 0.05) is 29.2 Å². The molecule has 0 aliphatic heterocycles. The van der Waals surface area contributed by atoms with E-state index in [4.69, 9.17) is 27.9 Å². The third-order valence-corrected chi connectivity index (χ3v) is 5.39. The predicted molar refractivity (Wildman–Crippen MR) is 113 cm³/mol. The number of thiazole rings is 1. The van der Waals surface area contributed by atoms with Crippen LogP contribution in [0, 0.1) is 6.92 Å². The molecule has 0 radical (unpaired) electrons. The van der Waals surface area contributed by atoms with Crippen molar-refractivity contribution in [2.24, 2.45) is 0 Å². The molecule has 11 heteroatoms. The van der Waals surface area contributed by atoms with Crippen LogP contribution in [0.2, 0.25) is 10.0 Å². The van der Waals surface area contributed by atoms with Crippen molar-refractivity contribution >= 4 is 52.2 Å². The average Bonchev–Trinajstić information content (AvgIpc) is 3.15. The average molecular weight is 467 g/mol. The van der Waals surface area contributed by atoms with Crippen molar-refractivity contribution in [1.82, 2.24) is 15.0 Å². The Labute approximate surface area is 186 Å². The lowest BCUT2D eigenvalue weighted by atomic mass is 10.1. The van der Waals surface area contributed by atoms with Crippen LogP contribution >= 0.6 is 34.5 Å². The predicted octanol–water partition coefficient (Wildman–Crippen LogP) is 4.10. The summed E-state index contributed by atoms with van der Waals surface area (Å²) >= 11 is 14.1. The molecule has 156 valence electrons. The number of hydrogen-bond donors (Lipinski definition) is 1. The molecule has 0 spiro atoms. The van der Waals surface area contributed by atoms with Gasteiger partial charge < -0.3 is 14.8 Å². The number of aryl methyl sites for hydroxylation is 1. The van der Waals surface area contributed by atoms with Crippen LogP contribution in [0.1, 0.15) is 25.9 Å². The molecule has 1 amide bonds. The number of halogens is 2. The number of carbonyl (C=O) groups excluding carboxylic acids is 2. The van der Waals surface area contributed by atoms with E-state index < -0.39 is 11.9 Å². The molecule has 1 aromatic carbocycles. The molecule has 0 saturated carbocycles. The molecule has 2 heterocycles. The summed E-state index contributed by atoms with van der Waals surface area (Å²) in [5, 5.41) is 4.09. The van der Waals surface area contributed by atoms with Gasteiger partial charge in [-0.25, -0.2) is 19.7 Å². The number of benzene rings is 1. The number of ether oxygens (including phenoxy) is 2. The standard InChI is InChI=1S/C19H16Cl2N4O4S/c1-10-24-8-11(30-10)9-29-17-12(13(20)3-4-14(17)21)7-15(26)25-18-16(19(27)28-2)22-5-6-23-18/h3-6,8H,7,9H2,1-2H3,(H,23,25,26). The van der Waals surface area contributed by atoms with Gasteiger partial charge in [-0.05, 0) is 19.1 Å². The van der Waals surface area contributed by atoms with Crippen molar-refractivity contribution in [2.45, 2.75) is 20.0 Å². The first kappa shape index (κ1) is 21.9. The summed E-state index contributed by atoms with van der Waals surface area (Å²) in [5.74, 6) is -0.917. The monoisotopic (exact) mass is 466 g/mol. The minimum Gasteiger partial charge on any atom is -0.486 e. The number of amides is 1. The van der Waals surface area contributed by atoms with Crippen LogP contribution in [0.3, 0.4) is 0 Å². The topological polar surface area (TPSA) is 103 Å². The second kappa shape index (κ2) is 9.84. The Balaban J connectivity index is 1.80. The van der Waals surface area contributed by atoms with Crippen LogP contribution < -0.4 is 10.1 Å². The number of hydrogen-bond acceptors (Lipinski definition) is 8. The third-order valence-electron chi connectivity index (χ3n) is 3.86. The number of aromatic nitrogens is 3. The molecule has 8 nitrogen and oxygen atoms in total. The fraction of sp³-hybridized carbons (Fsp3) is 0.211. The maximum Gasteiger partial charge on any atom is 0.360 e. The minimum atomic E-state index is -0.719. The Morgan fingerprint density at radius 2 is 1.87 bits per heavy atom. The van der Waals surface area contributed by atoms with E-state index in [9.17, 15) is 9.59 Å². The van der Waals surface area contributed by atoms with Gasteiger partial charge in [0.1, 0.15) is 12.4 Å². The zero-order valence-corrected chi connectivity index (χ0v) is 18.3. The van der Waals surface area contributed by atoms with Crippen LogP contribution in [0.25, 0.3) is 0 Å². The lowest BCUT2D eigenvalue weighted by molar-refractivity contribution is -0.115. The second-order valence-electron chi connectivity index (χ2n) is 5.94. The number of rotatable bonds is 7. The fourth-order valence-corrected chi connectivity index (χ4v) is 3.68. The van der Waals surface area contributed by atoms with E-state index in [1.54, 1.807) is 18.3 Å². The van der Waals surface area contributed by atoms with Gasteiger partial charge in [0.25, 0.3) is 0 Å². The molecule has 0 aliphatic rings. The van der Waals surface area contributed by atoms with Gasteiger partial charge in [-0.1, -0.05) is 23.2 Å². The smallest absolute Gasteiger partial charge is 0.360 e. The Kier molecular flexibility index (Phi) is 7.20. The Morgan fingerprint density at radius 1 is 1.13 bits per heavy atom. The van der Waals surface area contributed by atoms with E-state index in [1.165, 1.54) is 30.8 Å². The molecule has 1 N–H and O–H groups in total. The van der Waals surface area contributed by atoms with Crippen LogP contribution in [-0.4, -0.2) is 33.9 Å². The second-order valence-corrected chi connectivity index (χ2v) is 8.07. The first-order valence-electron chi connectivity index (χ1n) is 8.59. The highest BCUT2D eigenvalue weighted by Gasteiger charge is 2.20. The number of anilines is 1. The molecule has 3 rings (SSSR count). The molecule has 0 bridgehead atoms. The summed E-state index contributed by atoms with van der Waals surface area (Å²) in [6, 6.07) is 3.18. The molecule has 2 aromatic heterocycles. The van der Waals surface area contributed by atoms with Gasteiger partial charge >= 0.3 is 5.97 Å². The van der Waals surface area contributed by atoms with Gasteiger partial charge in [-0.15, -0.1) is 11.3 Å². The molecule has 30 heavy (non-hydrogen) atoms. The van der Waals surface area contributed by atoms with Gasteiger partial charge in [-0.3, -0.25) is 4.79 Å².